The van der Waals surface area contributed by atoms with Gasteiger partial charge >= 0.3 is 0 Å². The van der Waals surface area contributed by atoms with Crippen LogP contribution in [0.15, 0.2) is 29.3 Å². The molecule has 1 aliphatic rings. The highest BCUT2D eigenvalue weighted by atomic mass is 16.2. The monoisotopic (exact) mass is 299 g/mol. The molecule has 0 bridgehead atoms. The predicted octanol–water partition coefficient (Wildman–Crippen LogP) is 2.46. The van der Waals surface area contributed by atoms with Gasteiger partial charge in [-0.05, 0) is 31.4 Å². The van der Waals surface area contributed by atoms with Gasteiger partial charge in [-0.2, -0.15) is 0 Å². The fourth-order valence-electron chi connectivity index (χ4n) is 3.03. The first-order valence-corrected chi connectivity index (χ1v) is 7.94. The van der Waals surface area contributed by atoms with Crippen molar-refractivity contribution in [2.24, 2.45) is 0 Å². The smallest absolute Gasteiger partial charge is 0.270 e. The number of aryl methyl sites for hydroxylation is 1. The second-order valence-electron chi connectivity index (χ2n) is 6.07. The summed E-state index contributed by atoms with van der Waals surface area (Å²) < 4.78 is 1.44. The molecule has 5 heteroatoms. The van der Waals surface area contributed by atoms with Crippen LogP contribution in [0.2, 0.25) is 0 Å². The molecule has 1 saturated carbocycles. The quantitative estimate of drug-likeness (QED) is 0.866. The Kier molecular flexibility index (Phi) is 4.22. The normalized spacial score (nSPS) is 16.4. The number of rotatable bonds is 2. The standard InChI is InChI=1S/C17H21N3O2/c1-12-8-9-15-18-10-14(17(22)20(15)11-12)16(21)19-13-6-4-2-3-5-7-13/h8-11,13H,2-7H2,1H3,(H,19,21). The third kappa shape index (κ3) is 3.03. The van der Waals surface area contributed by atoms with Crippen molar-refractivity contribution in [2.45, 2.75) is 51.5 Å². The lowest BCUT2D eigenvalue weighted by Gasteiger charge is -2.16. The summed E-state index contributed by atoms with van der Waals surface area (Å²) in [4.78, 5) is 29.1. The number of fused-ring (bicyclic) bond motifs is 1. The second-order valence-corrected chi connectivity index (χ2v) is 6.07. The molecule has 5 nitrogen and oxygen atoms in total. The zero-order valence-corrected chi connectivity index (χ0v) is 12.8. The van der Waals surface area contributed by atoms with Gasteiger partial charge in [0.1, 0.15) is 11.2 Å². The van der Waals surface area contributed by atoms with Crippen molar-refractivity contribution in [1.82, 2.24) is 14.7 Å². The van der Waals surface area contributed by atoms with Gasteiger partial charge in [0.05, 0.1) is 0 Å². The largest absolute Gasteiger partial charge is 0.349 e. The van der Waals surface area contributed by atoms with Gasteiger partial charge in [-0.3, -0.25) is 14.0 Å². The molecule has 2 aromatic rings. The summed E-state index contributed by atoms with van der Waals surface area (Å²) in [5.41, 5.74) is 1.33. The molecule has 0 unspecified atom stereocenters. The summed E-state index contributed by atoms with van der Waals surface area (Å²) in [7, 11) is 0. The molecule has 1 amide bonds. The van der Waals surface area contributed by atoms with Crippen molar-refractivity contribution in [3.05, 3.63) is 46.0 Å². The Morgan fingerprint density at radius 3 is 2.68 bits per heavy atom. The maximum Gasteiger partial charge on any atom is 0.270 e. The zero-order chi connectivity index (χ0) is 15.5. The Bertz CT molecular complexity index is 743. The van der Waals surface area contributed by atoms with Crippen LogP contribution < -0.4 is 10.9 Å². The number of amides is 1. The van der Waals surface area contributed by atoms with Crippen LogP contribution in [0.3, 0.4) is 0 Å². The minimum atomic E-state index is -0.306. The van der Waals surface area contributed by atoms with Crippen LogP contribution in [0, 0.1) is 6.92 Å². The second kappa shape index (κ2) is 6.30. The summed E-state index contributed by atoms with van der Waals surface area (Å²) in [5, 5.41) is 3.00. The predicted molar refractivity (Wildman–Crippen MR) is 85.2 cm³/mol. The molecule has 0 aliphatic heterocycles. The van der Waals surface area contributed by atoms with E-state index in [1.807, 2.05) is 13.0 Å². The van der Waals surface area contributed by atoms with Crippen LogP contribution in [0.25, 0.3) is 5.65 Å². The fourth-order valence-corrected chi connectivity index (χ4v) is 3.03. The zero-order valence-electron chi connectivity index (χ0n) is 12.8. The lowest BCUT2D eigenvalue weighted by Crippen LogP contribution is -2.38. The van der Waals surface area contributed by atoms with E-state index in [9.17, 15) is 9.59 Å². The molecule has 1 fully saturated rings. The topological polar surface area (TPSA) is 63.5 Å². The van der Waals surface area contributed by atoms with E-state index in [0.29, 0.717) is 5.65 Å². The first kappa shape index (κ1) is 14.8. The highest BCUT2D eigenvalue weighted by Gasteiger charge is 2.18. The van der Waals surface area contributed by atoms with Gasteiger partial charge < -0.3 is 5.32 Å². The number of nitrogens with one attached hydrogen (secondary N) is 1. The van der Waals surface area contributed by atoms with Crippen molar-refractivity contribution in [2.75, 3.05) is 0 Å². The lowest BCUT2D eigenvalue weighted by atomic mass is 10.1. The minimum absolute atomic E-state index is 0.118. The average Bonchev–Trinajstić information content (AvgIpc) is 2.77. The summed E-state index contributed by atoms with van der Waals surface area (Å²) in [6.45, 7) is 1.91. The average molecular weight is 299 g/mol. The lowest BCUT2D eigenvalue weighted by molar-refractivity contribution is 0.0931. The van der Waals surface area contributed by atoms with Gasteiger partial charge in [0.15, 0.2) is 0 Å². The van der Waals surface area contributed by atoms with E-state index in [4.69, 9.17) is 0 Å². The maximum absolute atomic E-state index is 12.5. The van der Waals surface area contributed by atoms with E-state index in [-0.39, 0.29) is 23.1 Å². The maximum atomic E-state index is 12.5. The first-order chi connectivity index (χ1) is 10.6. The fraction of sp³-hybridized carbons (Fsp3) is 0.471. The molecule has 1 N–H and O–H groups in total. The van der Waals surface area contributed by atoms with Crippen molar-refractivity contribution in [1.29, 1.82) is 0 Å². The highest BCUT2D eigenvalue weighted by molar-refractivity contribution is 5.93. The van der Waals surface area contributed by atoms with Gasteiger partial charge in [-0.25, -0.2) is 4.98 Å². The van der Waals surface area contributed by atoms with Gasteiger partial charge in [0.2, 0.25) is 0 Å². The van der Waals surface area contributed by atoms with Crippen LogP contribution in [0.4, 0.5) is 0 Å². The van der Waals surface area contributed by atoms with Crippen LogP contribution >= 0.6 is 0 Å². The number of nitrogens with zero attached hydrogens (tertiary/aromatic N) is 2. The Hall–Kier alpha value is -2.17. The molecule has 2 aromatic heterocycles. The Morgan fingerprint density at radius 1 is 1.23 bits per heavy atom. The number of carbonyl (C=O) groups is 1. The van der Waals surface area contributed by atoms with E-state index in [2.05, 4.69) is 10.3 Å². The molecule has 116 valence electrons. The van der Waals surface area contributed by atoms with Crippen molar-refractivity contribution >= 4 is 11.6 Å². The van der Waals surface area contributed by atoms with Crippen molar-refractivity contribution in [3.63, 3.8) is 0 Å². The summed E-state index contributed by atoms with van der Waals surface area (Å²) in [6.07, 6.45) is 9.82. The Morgan fingerprint density at radius 2 is 1.95 bits per heavy atom. The number of carbonyl (C=O) groups excluding carboxylic acids is 1. The first-order valence-electron chi connectivity index (χ1n) is 7.94. The van der Waals surface area contributed by atoms with E-state index < -0.39 is 0 Å². The SMILES string of the molecule is Cc1ccc2ncc(C(=O)NC3CCCCCC3)c(=O)n2c1. The van der Waals surface area contributed by atoms with E-state index in [1.165, 1.54) is 23.4 Å². The third-order valence-electron chi connectivity index (χ3n) is 4.28. The van der Waals surface area contributed by atoms with Gasteiger partial charge in [-0.15, -0.1) is 0 Å². The minimum Gasteiger partial charge on any atom is -0.349 e. The summed E-state index contributed by atoms with van der Waals surface area (Å²) in [5.74, 6) is -0.305. The molecule has 0 atom stereocenters. The van der Waals surface area contributed by atoms with Gasteiger partial charge in [0.25, 0.3) is 11.5 Å². The van der Waals surface area contributed by atoms with Crippen molar-refractivity contribution < 1.29 is 4.79 Å². The molecule has 22 heavy (non-hydrogen) atoms. The van der Waals surface area contributed by atoms with Crippen LogP contribution in [-0.2, 0) is 0 Å². The highest BCUT2D eigenvalue weighted by Crippen LogP contribution is 2.17. The van der Waals surface area contributed by atoms with Gasteiger partial charge in [0, 0.05) is 18.4 Å². The molecule has 0 radical (unpaired) electrons. The van der Waals surface area contributed by atoms with Crippen molar-refractivity contribution in [3.8, 4) is 0 Å². The molecule has 3 rings (SSSR count). The Labute approximate surface area is 129 Å². The number of pyridine rings is 1. The molecule has 0 saturated heterocycles. The molecule has 0 spiro atoms. The Balaban J connectivity index is 1.87. The van der Waals surface area contributed by atoms with Crippen LogP contribution in [-0.4, -0.2) is 21.3 Å². The number of hydrogen-bond acceptors (Lipinski definition) is 3. The molecular weight excluding hydrogens is 278 g/mol. The third-order valence-corrected chi connectivity index (χ3v) is 4.28. The molecule has 1 aliphatic carbocycles. The van der Waals surface area contributed by atoms with E-state index >= 15 is 0 Å². The molecular formula is C17H21N3O2. The van der Waals surface area contributed by atoms with E-state index in [0.717, 1.165) is 31.2 Å². The van der Waals surface area contributed by atoms with Crippen LogP contribution in [0.5, 0.6) is 0 Å². The van der Waals surface area contributed by atoms with E-state index in [1.54, 1.807) is 12.3 Å². The summed E-state index contributed by atoms with van der Waals surface area (Å²) >= 11 is 0. The number of aromatic nitrogens is 2. The number of hydrogen-bond donors (Lipinski definition) is 1. The van der Waals surface area contributed by atoms with Crippen LogP contribution in [0.1, 0.15) is 54.4 Å². The van der Waals surface area contributed by atoms with Gasteiger partial charge in [-0.1, -0.05) is 31.7 Å². The molecule has 2 heterocycles. The summed E-state index contributed by atoms with van der Waals surface area (Å²) in [6, 6.07) is 3.85. The molecule has 0 aromatic carbocycles.